The zero-order valence-electron chi connectivity index (χ0n) is 8.50. The molecule has 0 bridgehead atoms. The summed E-state index contributed by atoms with van der Waals surface area (Å²) in [5.74, 6) is -1.50. The molecule has 0 atom stereocenters. The highest BCUT2D eigenvalue weighted by atomic mass is 19.1. The first-order valence-corrected chi connectivity index (χ1v) is 4.98. The van der Waals surface area contributed by atoms with Crippen molar-refractivity contribution in [3.05, 3.63) is 29.8 Å². The first-order valence-electron chi connectivity index (χ1n) is 4.98. The number of carbonyl (C=O) groups is 1. The van der Waals surface area contributed by atoms with Gasteiger partial charge in [-0.15, -0.1) is 0 Å². The average Bonchev–Trinajstić information content (AvgIpc) is 2.16. The molecule has 1 aliphatic heterocycles. The van der Waals surface area contributed by atoms with Gasteiger partial charge in [-0.3, -0.25) is 4.79 Å². The van der Waals surface area contributed by atoms with Crippen molar-refractivity contribution in [3.63, 3.8) is 0 Å². The number of benzene rings is 1. The van der Waals surface area contributed by atoms with E-state index in [0.29, 0.717) is 19.6 Å². The van der Waals surface area contributed by atoms with Crippen LogP contribution in [0.15, 0.2) is 18.2 Å². The van der Waals surface area contributed by atoms with Crippen LogP contribution in [0, 0.1) is 17.6 Å². The van der Waals surface area contributed by atoms with Crippen molar-refractivity contribution in [1.29, 1.82) is 0 Å². The molecule has 1 N–H and O–H groups in total. The van der Waals surface area contributed by atoms with E-state index in [-0.39, 0.29) is 17.5 Å². The van der Waals surface area contributed by atoms with Gasteiger partial charge < -0.3 is 10.1 Å². The van der Waals surface area contributed by atoms with Crippen molar-refractivity contribution in [2.45, 2.75) is 6.42 Å². The van der Waals surface area contributed by atoms with Gasteiger partial charge in [0.1, 0.15) is 11.6 Å². The zero-order chi connectivity index (χ0) is 11.5. The maximum Gasteiger partial charge on any atom is 0.224 e. The Kier molecular flexibility index (Phi) is 3.14. The molecule has 3 nitrogen and oxygen atoms in total. The molecule has 0 saturated carbocycles. The first kappa shape index (κ1) is 11.0. The molecular weight excluding hydrogens is 216 g/mol. The Morgan fingerprint density at radius 1 is 1.44 bits per heavy atom. The van der Waals surface area contributed by atoms with Crippen molar-refractivity contribution < 1.29 is 18.3 Å². The molecule has 1 heterocycles. The fourth-order valence-corrected chi connectivity index (χ4v) is 1.46. The second kappa shape index (κ2) is 4.57. The molecule has 0 unspecified atom stereocenters. The predicted octanol–water partition coefficient (Wildman–Crippen LogP) is 1.94. The number of halogens is 2. The van der Waals surface area contributed by atoms with Gasteiger partial charge in [0.15, 0.2) is 0 Å². The topological polar surface area (TPSA) is 38.3 Å². The first-order chi connectivity index (χ1) is 7.65. The molecular formula is C11H11F2NO2. The molecule has 5 heteroatoms. The van der Waals surface area contributed by atoms with Gasteiger partial charge in [0, 0.05) is 18.4 Å². The Hall–Kier alpha value is -1.49. The van der Waals surface area contributed by atoms with Gasteiger partial charge in [-0.2, -0.15) is 0 Å². The third-order valence-corrected chi connectivity index (χ3v) is 2.39. The van der Waals surface area contributed by atoms with E-state index in [0.717, 1.165) is 12.1 Å². The monoisotopic (exact) mass is 227 g/mol. The standard InChI is InChI=1S/C11H11F2NO2/c12-8-1-2-10(9(13)4-8)14-11(15)3-7-5-16-6-7/h1-2,4,7H,3,5-6H2,(H,14,15). The highest BCUT2D eigenvalue weighted by Crippen LogP contribution is 2.18. The fourth-order valence-electron chi connectivity index (χ4n) is 1.46. The van der Waals surface area contributed by atoms with E-state index in [1.165, 1.54) is 6.07 Å². The summed E-state index contributed by atoms with van der Waals surface area (Å²) in [6, 6.07) is 3.05. The lowest BCUT2D eigenvalue weighted by molar-refractivity contribution is -0.121. The Bertz CT molecular complexity index is 405. The van der Waals surface area contributed by atoms with Crippen LogP contribution in [0.2, 0.25) is 0 Å². The number of hydrogen-bond acceptors (Lipinski definition) is 2. The molecule has 0 aromatic heterocycles. The van der Waals surface area contributed by atoms with E-state index >= 15 is 0 Å². The van der Waals surface area contributed by atoms with Crippen molar-refractivity contribution >= 4 is 11.6 Å². The van der Waals surface area contributed by atoms with E-state index in [2.05, 4.69) is 5.32 Å². The minimum absolute atomic E-state index is 0.00615. The molecule has 0 spiro atoms. The molecule has 0 radical (unpaired) electrons. The average molecular weight is 227 g/mol. The number of amides is 1. The van der Waals surface area contributed by atoms with Crippen molar-refractivity contribution in [2.24, 2.45) is 5.92 Å². The third kappa shape index (κ3) is 2.55. The number of anilines is 1. The second-order valence-electron chi connectivity index (χ2n) is 3.78. The number of nitrogens with one attached hydrogen (secondary N) is 1. The maximum atomic E-state index is 13.2. The summed E-state index contributed by atoms with van der Waals surface area (Å²) >= 11 is 0. The van der Waals surface area contributed by atoms with Crippen molar-refractivity contribution in [1.82, 2.24) is 0 Å². The Labute approximate surface area is 91.4 Å². The van der Waals surface area contributed by atoms with Crippen LogP contribution in [-0.2, 0) is 9.53 Å². The summed E-state index contributed by atoms with van der Waals surface area (Å²) in [4.78, 5) is 11.4. The van der Waals surface area contributed by atoms with Crippen LogP contribution in [-0.4, -0.2) is 19.1 Å². The lowest BCUT2D eigenvalue weighted by Gasteiger charge is -2.25. The highest BCUT2D eigenvalue weighted by Gasteiger charge is 2.22. The van der Waals surface area contributed by atoms with Gasteiger partial charge in [-0.25, -0.2) is 8.78 Å². The lowest BCUT2D eigenvalue weighted by atomic mass is 10.0. The SMILES string of the molecule is O=C(CC1COC1)Nc1ccc(F)cc1F. The number of carbonyl (C=O) groups excluding carboxylic acids is 1. The van der Waals surface area contributed by atoms with E-state index < -0.39 is 11.6 Å². The van der Waals surface area contributed by atoms with Gasteiger partial charge in [-0.1, -0.05) is 0 Å². The van der Waals surface area contributed by atoms with Crippen molar-refractivity contribution in [2.75, 3.05) is 18.5 Å². The fraction of sp³-hybridized carbons (Fsp3) is 0.364. The van der Waals surface area contributed by atoms with E-state index in [1.54, 1.807) is 0 Å². The number of ether oxygens (including phenoxy) is 1. The Balaban J connectivity index is 1.94. The molecule has 1 fully saturated rings. The predicted molar refractivity (Wildman–Crippen MR) is 53.9 cm³/mol. The Morgan fingerprint density at radius 2 is 2.19 bits per heavy atom. The van der Waals surface area contributed by atoms with Gasteiger partial charge in [0.05, 0.1) is 18.9 Å². The summed E-state index contributed by atoms with van der Waals surface area (Å²) < 4.78 is 30.7. The largest absolute Gasteiger partial charge is 0.381 e. The summed E-state index contributed by atoms with van der Waals surface area (Å²) in [5, 5.41) is 2.40. The quantitative estimate of drug-likeness (QED) is 0.856. The normalized spacial score (nSPS) is 15.6. The lowest BCUT2D eigenvalue weighted by Crippen LogP contribution is -2.31. The van der Waals surface area contributed by atoms with Crippen LogP contribution in [0.3, 0.4) is 0 Å². The molecule has 0 aliphatic carbocycles. The van der Waals surface area contributed by atoms with Crippen LogP contribution >= 0.6 is 0 Å². The molecule has 86 valence electrons. The minimum atomic E-state index is -0.766. The van der Waals surface area contributed by atoms with Gasteiger partial charge in [0.25, 0.3) is 0 Å². The molecule has 1 amide bonds. The second-order valence-corrected chi connectivity index (χ2v) is 3.78. The molecule has 1 aromatic carbocycles. The molecule has 1 aromatic rings. The highest BCUT2D eigenvalue weighted by molar-refractivity contribution is 5.91. The Morgan fingerprint density at radius 3 is 2.75 bits per heavy atom. The third-order valence-electron chi connectivity index (χ3n) is 2.39. The van der Waals surface area contributed by atoms with Crippen molar-refractivity contribution in [3.8, 4) is 0 Å². The summed E-state index contributed by atoms with van der Waals surface area (Å²) in [6.45, 7) is 1.14. The molecule has 2 rings (SSSR count). The van der Waals surface area contributed by atoms with E-state index in [9.17, 15) is 13.6 Å². The number of hydrogen-bond donors (Lipinski definition) is 1. The van der Waals surface area contributed by atoms with Gasteiger partial charge in [0.2, 0.25) is 5.91 Å². The minimum Gasteiger partial charge on any atom is -0.381 e. The van der Waals surface area contributed by atoms with Crippen LogP contribution in [0.1, 0.15) is 6.42 Å². The molecule has 16 heavy (non-hydrogen) atoms. The molecule has 1 saturated heterocycles. The van der Waals surface area contributed by atoms with Crippen LogP contribution < -0.4 is 5.32 Å². The maximum absolute atomic E-state index is 13.2. The van der Waals surface area contributed by atoms with Crippen LogP contribution in [0.25, 0.3) is 0 Å². The van der Waals surface area contributed by atoms with Gasteiger partial charge >= 0.3 is 0 Å². The zero-order valence-corrected chi connectivity index (χ0v) is 8.50. The molecule has 1 aliphatic rings. The van der Waals surface area contributed by atoms with Crippen LogP contribution in [0.4, 0.5) is 14.5 Å². The van der Waals surface area contributed by atoms with E-state index in [1.807, 2.05) is 0 Å². The smallest absolute Gasteiger partial charge is 0.224 e. The summed E-state index contributed by atoms with van der Waals surface area (Å²) in [5.41, 5.74) is 0.00615. The summed E-state index contributed by atoms with van der Waals surface area (Å²) in [7, 11) is 0. The summed E-state index contributed by atoms with van der Waals surface area (Å²) in [6.07, 6.45) is 0.302. The van der Waals surface area contributed by atoms with E-state index in [4.69, 9.17) is 4.74 Å². The van der Waals surface area contributed by atoms with Crippen LogP contribution in [0.5, 0.6) is 0 Å². The number of rotatable bonds is 3. The van der Waals surface area contributed by atoms with Gasteiger partial charge in [-0.05, 0) is 12.1 Å².